The summed E-state index contributed by atoms with van der Waals surface area (Å²) in [7, 11) is 0. The number of hydrogen-bond donors (Lipinski definition) is 3. The minimum Gasteiger partial charge on any atom is -0.442 e. The molecule has 2 aliphatic heterocycles. The van der Waals surface area contributed by atoms with E-state index in [0.29, 0.717) is 44.1 Å². The highest BCUT2D eigenvalue weighted by Crippen LogP contribution is 2.28. The molecule has 36 heavy (non-hydrogen) atoms. The van der Waals surface area contributed by atoms with Crippen LogP contribution in [-0.4, -0.2) is 68.5 Å². The standard InChI is InChI=1S/C25H28FN5O4.ClH/c26-20-12-17(5-6-23(20)30-7-9-34-10-8-30)31-15-18(35-25(31)33)14-29-24(32)21(27)11-16-13-28-22-4-2-1-3-19(16)22;/h1-6,12-13,18,21,28H,7-11,14-15,27H2,(H,29,32);1H/t18?,21-;/m0./s1. The van der Waals surface area contributed by atoms with Crippen LogP contribution in [-0.2, 0) is 20.7 Å². The SMILES string of the molecule is Cl.N[C@@H](Cc1c[nH]c2ccccc12)C(=O)NCC1CN(c2ccc(N3CCOCC3)c(F)c2)C(=O)O1. The third kappa shape index (κ3) is 5.40. The fourth-order valence-corrected chi connectivity index (χ4v) is 4.54. The van der Waals surface area contributed by atoms with E-state index in [1.165, 1.54) is 11.0 Å². The zero-order chi connectivity index (χ0) is 24.4. The molecule has 1 aromatic heterocycles. The molecule has 0 saturated carbocycles. The summed E-state index contributed by atoms with van der Waals surface area (Å²) in [4.78, 5) is 31.4. The van der Waals surface area contributed by atoms with Crippen molar-refractivity contribution in [1.82, 2.24) is 10.3 Å². The van der Waals surface area contributed by atoms with E-state index in [9.17, 15) is 14.0 Å². The lowest BCUT2D eigenvalue weighted by atomic mass is 10.1. The van der Waals surface area contributed by atoms with E-state index in [-0.39, 0.29) is 31.4 Å². The van der Waals surface area contributed by atoms with Crippen LogP contribution >= 0.6 is 12.4 Å². The molecule has 2 aromatic carbocycles. The van der Waals surface area contributed by atoms with Crippen LogP contribution in [0.1, 0.15) is 5.56 Å². The average molecular weight is 518 g/mol. The number of nitrogens with two attached hydrogens (primary N) is 1. The summed E-state index contributed by atoms with van der Waals surface area (Å²) in [5.74, 6) is -0.733. The zero-order valence-electron chi connectivity index (χ0n) is 19.6. The van der Waals surface area contributed by atoms with E-state index in [1.807, 2.05) is 35.4 Å². The lowest BCUT2D eigenvalue weighted by molar-refractivity contribution is -0.122. The lowest BCUT2D eigenvalue weighted by Gasteiger charge is -2.29. The largest absolute Gasteiger partial charge is 0.442 e. The van der Waals surface area contributed by atoms with Crippen molar-refractivity contribution in [2.75, 3.05) is 49.2 Å². The van der Waals surface area contributed by atoms with E-state index in [0.717, 1.165) is 16.5 Å². The summed E-state index contributed by atoms with van der Waals surface area (Å²) >= 11 is 0. The second kappa shape index (κ2) is 11.2. The number of benzene rings is 2. The van der Waals surface area contributed by atoms with Gasteiger partial charge in [0, 0.05) is 30.2 Å². The minimum absolute atomic E-state index is 0. The van der Waals surface area contributed by atoms with E-state index >= 15 is 0 Å². The van der Waals surface area contributed by atoms with Gasteiger partial charge in [-0.25, -0.2) is 9.18 Å². The predicted molar refractivity (Wildman–Crippen MR) is 137 cm³/mol. The third-order valence-corrected chi connectivity index (χ3v) is 6.42. The van der Waals surface area contributed by atoms with Crippen molar-refractivity contribution in [2.24, 2.45) is 5.73 Å². The van der Waals surface area contributed by atoms with Gasteiger partial charge in [-0.1, -0.05) is 18.2 Å². The number of ether oxygens (including phenoxy) is 2. The fraction of sp³-hybridized carbons (Fsp3) is 0.360. The molecular weight excluding hydrogens is 489 g/mol. The molecule has 2 amide bonds. The molecule has 4 N–H and O–H groups in total. The molecule has 3 aromatic rings. The van der Waals surface area contributed by atoms with Gasteiger partial charge in [-0.2, -0.15) is 0 Å². The molecule has 0 aliphatic carbocycles. The lowest BCUT2D eigenvalue weighted by Crippen LogP contribution is -2.45. The number of anilines is 2. The Morgan fingerprint density at radius 2 is 2.00 bits per heavy atom. The van der Waals surface area contributed by atoms with Gasteiger partial charge in [0.2, 0.25) is 5.91 Å². The maximum atomic E-state index is 14.8. The van der Waals surface area contributed by atoms with Crippen molar-refractivity contribution >= 4 is 46.7 Å². The number of halogens is 2. The predicted octanol–water partition coefficient (Wildman–Crippen LogP) is 2.58. The number of nitrogens with zero attached hydrogens (tertiary/aromatic N) is 2. The number of morpholine rings is 1. The van der Waals surface area contributed by atoms with Crippen LogP contribution in [0.15, 0.2) is 48.7 Å². The minimum atomic E-state index is -0.746. The number of H-pyrrole nitrogens is 1. The number of cyclic esters (lactones) is 1. The summed E-state index contributed by atoms with van der Waals surface area (Å²) < 4.78 is 25.5. The van der Waals surface area contributed by atoms with Gasteiger partial charge in [-0.3, -0.25) is 9.69 Å². The summed E-state index contributed by atoms with van der Waals surface area (Å²) in [5, 5.41) is 3.80. The molecule has 9 nitrogen and oxygen atoms in total. The summed E-state index contributed by atoms with van der Waals surface area (Å²) in [6, 6.07) is 11.8. The summed E-state index contributed by atoms with van der Waals surface area (Å²) in [6.45, 7) is 2.67. The molecule has 3 heterocycles. The Morgan fingerprint density at radius 3 is 2.78 bits per heavy atom. The number of hydrogen-bond acceptors (Lipinski definition) is 6. The second-order valence-corrected chi connectivity index (χ2v) is 8.77. The first kappa shape index (κ1) is 25.7. The molecule has 2 saturated heterocycles. The molecule has 1 unspecified atom stereocenters. The maximum Gasteiger partial charge on any atom is 0.414 e. The van der Waals surface area contributed by atoms with E-state index in [4.69, 9.17) is 15.2 Å². The van der Waals surface area contributed by atoms with E-state index in [1.54, 1.807) is 12.1 Å². The van der Waals surface area contributed by atoms with Gasteiger partial charge in [0.25, 0.3) is 0 Å². The first-order valence-electron chi connectivity index (χ1n) is 11.7. The van der Waals surface area contributed by atoms with E-state index < -0.39 is 24.1 Å². The highest BCUT2D eigenvalue weighted by Gasteiger charge is 2.33. The smallest absolute Gasteiger partial charge is 0.414 e. The molecule has 0 bridgehead atoms. The molecule has 2 fully saturated rings. The first-order chi connectivity index (χ1) is 17.0. The van der Waals surface area contributed by atoms with Crippen molar-refractivity contribution in [2.45, 2.75) is 18.6 Å². The number of amides is 2. The average Bonchev–Trinajstić information content (AvgIpc) is 3.46. The van der Waals surface area contributed by atoms with Gasteiger partial charge in [-0.05, 0) is 36.2 Å². The Kier molecular flexibility index (Phi) is 7.97. The maximum absolute atomic E-state index is 14.8. The molecule has 0 spiro atoms. The second-order valence-electron chi connectivity index (χ2n) is 8.77. The Labute approximate surface area is 214 Å². The molecule has 11 heteroatoms. The number of nitrogens with one attached hydrogen (secondary N) is 2. The van der Waals surface area contributed by atoms with Crippen molar-refractivity contribution in [3.8, 4) is 0 Å². The van der Waals surface area contributed by atoms with Crippen LogP contribution in [0.25, 0.3) is 10.9 Å². The van der Waals surface area contributed by atoms with Crippen LogP contribution in [0, 0.1) is 5.82 Å². The van der Waals surface area contributed by atoms with Gasteiger partial charge < -0.3 is 30.4 Å². The van der Waals surface area contributed by atoms with Gasteiger partial charge in [0.15, 0.2) is 0 Å². The van der Waals surface area contributed by atoms with Crippen molar-refractivity contribution < 1.29 is 23.5 Å². The van der Waals surface area contributed by atoms with Gasteiger partial charge >= 0.3 is 6.09 Å². The number of rotatable bonds is 7. The van der Waals surface area contributed by atoms with Gasteiger partial charge in [0.1, 0.15) is 11.9 Å². The van der Waals surface area contributed by atoms with Crippen LogP contribution in [0.2, 0.25) is 0 Å². The normalized spacial score (nSPS) is 18.6. The zero-order valence-corrected chi connectivity index (χ0v) is 20.4. The molecule has 2 atom stereocenters. The van der Waals surface area contributed by atoms with Crippen LogP contribution in [0.3, 0.4) is 0 Å². The third-order valence-electron chi connectivity index (χ3n) is 6.42. The van der Waals surface area contributed by atoms with Gasteiger partial charge in [0.05, 0.1) is 43.7 Å². The van der Waals surface area contributed by atoms with Crippen LogP contribution in [0.5, 0.6) is 0 Å². The Morgan fingerprint density at radius 1 is 1.22 bits per heavy atom. The van der Waals surface area contributed by atoms with Crippen LogP contribution < -0.4 is 20.9 Å². The fourth-order valence-electron chi connectivity index (χ4n) is 4.54. The Hall–Kier alpha value is -3.34. The van der Waals surface area contributed by atoms with Crippen molar-refractivity contribution in [1.29, 1.82) is 0 Å². The number of para-hydroxylation sites is 1. The molecular formula is C25H29ClFN5O4. The first-order valence-corrected chi connectivity index (χ1v) is 11.7. The summed E-state index contributed by atoms with van der Waals surface area (Å²) in [6.07, 6.45) is 1.10. The highest BCUT2D eigenvalue weighted by molar-refractivity contribution is 5.90. The van der Waals surface area contributed by atoms with Crippen LogP contribution in [0.4, 0.5) is 20.6 Å². The quantitative estimate of drug-likeness (QED) is 0.444. The molecule has 5 rings (SSSR count). The number of carbonyl (C=O) groups is 2. The monoisotopic (exact) mass is 517 g/mol. The Bertz CT molecular complexity index is 1230. The Balaban J connectivity index is 0.00000304. The number of carbonyl (C=O) groups excluding carboxylic acids is 2. The topological polar surface area (TPSA) is 113 Å². The summed E-state index contributed by atoms with van der Waals surface area (Å²) in [5.41, 5.74) is 8.97. The number of aromatic nitrogens is 1. The number of aromatic amines is 1. The number of fused-ring (bicyclic) bond motifs is 1. The van der Waals surface area contributed by atoms with Gasteiger partial charge in [-0.15, -0.1) is 12.4 Å². The highest BCUT2D eigenvalue weighted by atomic mass is 35.5. The molecule has 0 radical (unpaired) electrons. The molecule has 2 aliphatic rings. The molecule has 192 valence electrons. The van der Waals surface area contributed by atoms with Crippen molar-refractivity contribution in [3.63, 3.8) is 0 Å². The van der Waals surface area contributed by atoms with Crippen molar-refractivity contribution in [3.05, 3.63) is 60.0 Å². The van der Waals surface area contributed by atoms with E-state index in [2.05, 4.69) is 10.3 Å².